The topological polar surface area (TPSA) is 58.3 Å². The van der Waals surface area contributed by atoms with Crippen LogP contribution in [0.3, 0.4) is 0 Å². The van der Waals surface area contributed by atoms with Crippen LogP contribution in [0.4, 0.5) is 0 Å². The number of aliphatic hydroxyl groups is 1. The van der Waals surface area contributed by atoms with Gasteiger partial charge in [0.15, 0.2) is 0 Å². The highest BCUT2D eigenvalue weighted by atomic mass is 16.3. The average Bonchev–Trinajstić information content (AvgIpc) is 2.95. The molecule has 0 aliphatic heterocycles. The summed E-state index contributed by atoms with van der Waals surface area (Å²) in [5, 5.41) is 19.0. The Balaban J connectivity index is 1.79. The van der Waals surface area contributed by atoms with E-state index in [9.17, 15) is 10.2 Å². The predicted molar refractivity (Wildman–Crippen MR) is 90.3 cm³/mol. The smallest absolute Gasteiger partial charge is 0.115 e. The molecular weight excluding hydrogens is 288 g/mol. The lowest BCUT2D eigenvalue weighted by atomic mass is 10.0. The number of hydrogen-bond donors (Lipinski definition) is 2. The van der Waals surface area contributed by atoms with Crippen molar-refractivity contribution < 1.29 is 10.2 Å². The monoisotopic (exact) mass is 308 g/mol. The number of phenols is 1. The molecule has 0 radical (unpaired) electrons. The van der Waals surface area contributed by atoms with E-state index < -0.39 is 0 Å². The maximum Gasteiger partial charge on any atom is 0.115 e. The van der Waals surface area contributed by atoms with E-state index in [1.165, 1.54) is 0 Å². The van der Waals surface area contributed by atoms with Crippen molar-refractivity contribution in [2.24, 2.45) is 0 Å². The van der Waals surface area contributed by atoms with Gasteiger partial charge in [0, 0.05) is 18.3 Å². The second-order valence-electron chi connectivity index (χ2n) is 5.85. The SMILES string of the molecule is CC(O)Cc1cccc(-c2cn(Cc3cccc(O)c3)cn2)c1. The van der Waals surface area contributed by atoms with Crippen LogP contribution in [-0.4, -0.2) is 25.9 Å². The molecule has 1 unspecified atom stereocenters. The first-order valence-electron chi connectivity index (χ1n) is 7.67. The Morgan fingerprint density at radius 2 is 1.87 bits per heavy atom. The minimum Gasteiger partial charge on any atom is -0.508 e. The van der Waals surface area contributed by atoms with Gasteiger partial charge in [-0.25, -0.2) is 4.98 Å². The van der Waals surface area contributed by atoms with Crippen molar-refractivity contribution in [2.75, 3.05) is 0 Å². The van der Waals surface area contributed by atoms with E-state index in [0.29, 0.717) is 13.0 Å². The molecular formula is C19H20N2O2. The Morgan fingerprint density at radius 3 is 2.65 bits per heavy atom. The van der Waals surface area contributed by atoms with Crippen molar-refractivity contribution >= 4 is 0 Å². The number of nitrogens with zero attached hydrogens (tertiary/aromatic N) is 2. The molecule has 23 heavy (non-hydrogen) atoms. The molecule has 3 aromatic rings. The van der Waals surface area contributed by atoms with E-state index >= 15 is 0 Å². The Bertz CT molecular complexity index is 793. The number of rotatable bonds is 5. The van der Waals surface area contributed by atoms with Crippen molar-refractivity contribution in [3.63, 3.8) is 0 Å². The summed E-state index contributed by atoms with van der Waals surface area (Å²) in [7, 11) is 0. The van der Waals surface area contributed by atoms with Crippen LogP contribution >= 0.6 is 0 Å². The van der Waals surface area contributed by atoms with Gasteiger partial charge < -0.3 is 14.8 Å². The number of aliphatic hydroxyl groups excluding tert-OH is 1. The first-order chi connectivity index (χ1) is 11.1. The number of phenolic OH excluding ortho intramolecular Hbond substituents is 1. The van der Waals surface area contributed by atoms with Crippen LogP contribution in [0.1, 0.15) is 18.1 Å². The second-order valence-corrected chi connectivity index (χ2v) is 5.85. The third-order valence-electron chi connectivity index (χ3n) is 3.66. The third-order valence-corrected chi connectivity index (χ3v) is 3.66. The average molecular weight is 308 g/mol. The highest BCUT2D eigenvalue weighted by Crippen LogP contribution is 2.20. The highest BCUT2D eigenvalue weighted by molar-refractivity contribution is 5.59. The van der Waals surface area contributed by atoms with E-state index in [-0.39, 0.29) is 11.9 Å². The quantitative estimate of drug-likeness (QED) is 0.761. The summed E-state index contributed by atoms with van der Waals surface area (Å²) in [4.78, 5) is 4.46. The summed E-state index contributed by atoms with van der Waals surface area (Å²) < 4.78 is 1.99. The fourth-order valence-corrected chi connectivity index (χ4v) is 2.66. The normalized spacial score (nSPS) is 12.3. The zero-order valence-corrected chi connectivity index (χ0v) is 13.1. The molecule has 0 fully saturated rings. The Hall–Kier alpha value is -2.59. The standard InChI is InChI=1S/C19H20N2O2/c1-14(22)8-15-4-2-6-17(9-15)19-12-21(13-20-19)11-16-5-3-7-18(23)10-16/h2-7,9-10,12-14,22-23H,8,11H2,1H3. The van der Waals surface area contributed by atoms with Crippen LogP contribution < -0.4 is 0 Å². The van der Waals surface area contributed by atoms with E-state index in [1.54, 1.807) is 25.4 Å². The molecule has 4 heteroatoms. The molecule has 3 rings (SSSR count). The Labute approximate surface area is 135 Å². The summed E-state index contributed by atoms with van der Waals surface area (Å²) >= 11 is 0. The molecule has 4 nitrogen and oxygen atoms in total. The first-order valence-corrected chi connectivity index (χ1v) is 7.67. The van der Waals surface area contributed by atoms with Crippen LogP contribution in [0.25, 0.3) is 11.3 Å². The Kier molecular flexibility index (Phi) is 4.44. The lowest BCUT2D eigenvalue weighted by Crippen LogP contribution is -2.03. The highest BCUT2D eigenvalue weighted by Gasteiger charge is 2.06. The minimum absolute atomic E-state index is 0.272. The zero-order valence-electron chi connectivity index (χ0n) is 13.1. The van der Waals surface area contributed by atoms with Gasteiger partial charge in [0.2, 0.25) is 0 Å². The minimum atomic E-state index is -0.353. The molecule has 1 atom stereocenters. The summed E-state index contributed by atoms with van der Waals surface area (Å²) in [6, 6.07) is 15.3. The van der Waals surface area contributed by atoms with Crippen molar-refractivity contribution in [1.29, 1.82) is 0 Å². The van der Waals surface area contributed by atoms with E-state index in [4.69, 9.17) is 0 Å². The van der Waals surface area contributed by atoms with Gasteiger partial charge in [-0.05, 0) is 42.7 Å². The molecule has 2 aromatic carbocycles. The molecule has 118 valence electrons. The van der Waals surface area contributed by atoms with Crippen molar-refractivity contribution in [3.05, 3.63) is 72.2 Å². The molecule has 0 saturated heterocycles. The van der Waals surface area contributed by atoms with Gasteiger partial charge in [-0.15, -0.1) is 0 Å². The second kappa shape index (κ2) is 6.67. The first kappa shape index (κ1) is 15.3. The molecule has 0 saturated carbocycles. The maximum absolute atomic E-state index is 9.53. The van der Waals surface area contributed by atoms with Crippen LogP contribution in [-0.2, 0) is 13.0 Å². The summed E-state index contributed by atoms with van der Waals surface area (Å²) in [6.45, 7) is 2.45. The number of aromatic hydroxyl groups is 1. The van der Waals surface area contributed by atoms with Crippen LogP contribution in [0.5, 0.6) is 5.75 Å². The van der Waals surface area contributed by atoms with E-state index in [1.807, 2.05) is 41.1 Å². The van der Waals surface area contributed by atoms with Crippen LogP contribution in [0, 0.1) is 0 Å². The van der Waals surface area contributed by atoms with Gasteiger partial charge in [-0.2, -0.15) is 0 Å². The van der Waals surface area contributed by atoms with Gasteiger partial charge in [0.05, 0.1) is 18.1 Å². The van der Waals surface area contributed by atoms with E-state index in [2.05, 4.69) is 11.1 Å². The van der Waals surface area contributed by atoms with Gasteiger partial charge >= 0.3 is 0 Å². The molecule has 2 N–H and O–H groups in total. The molecule has 0 amide bonds. The lowest BCUT2D eigenvalue weighted by Gasteiger charge is -2.06. The predicted octanol–water partition coefficient (Wildman–Crippen LogP) is 3.23. The fraction of sp³-hybridized carbons (Fsp3) is 0.211. The number of benzene rings is 2. The third kappa shape index (κ3) is 3.99. The largest absolute Gasteiger partial charge is 0.508 e. The van der Waals surface area contributed by atoms with Gasteiger partial charge in [-0.1, -0.05) is 30.3 Å². The molecule has 0 bridgehead atoms. The van der Waals surface area contributed by atoms with Crippen LogP contribution in [0.2, 0.25) is 0 Å². The van der Waals surface area contributed by atoms with Gasteiger partial charge in [0.1, 0.15) is 5.75 Å². The molecule has 1 aromatic heterocycles. The molecule has 0 aliphatic carbocycles. The van der Waals surface area contributed by atoms with Crippen molar-refractivity contribution in [1.82, 2.24) is 9.55 Å². The molecule has 1 heterocycles. The number of hydrogen-bond acceptors (Lipinski definition) is 3. The summed E-state index contributed by atoms with van der Waals surface area (Å²) in [6.07, 6.45) is 4.07. The summed E-state index contributed by atoms with van der Waals surface area (Å²) in [5.74, 6) is 0.272. The zero-order chi connectivity index (χ0) is 16.2. The van der Waals surface area contributed by atoms with E-state index in [0.717, 1.165) is 22.4 Å². The summed E-state index contributed by atoms with van der Waals surface area (Å²) in [5.41, 5.74) is 4.06. The molecule has 0 spiro atoms. The van der Waals surface area contributed by atoms with Crippen molar-refractivity contribution in [2.45, 2.75) is 26.0 Å². The number of aromatic nitrogens is 2. The maximum atomic E-state index is 9.53. The number of imidazole rings is 1. The molecule has 0 aliphatic rings. The van der Waals surface area contributed by atoms with Crippen LogP contribution in [0.15, 0.2) is 61.1 Å². The fourth-order valence-electron chi connectivity index (χ4n) is 2.66. The van der Waals surface area contributed by atoms with Gasteiger partial charge in [-0.3, -0.25) is 0 Å². The Morgan fingerprint density at radius 1 is 1.09 bits per heavy atom. The van der Waals surface area contributed by atoms with Crippen molar-refractivity contribution in [3.8, 4) is 17.0 Å². The van der Waals surface area contributed by atoms with Gasteiger partial charge in [0.25, 0.3) is 0 Å². The lowest BCUT2D eigenvalue weighted by molar-refractivity contribution is 0.195.